The van der Waals surface area contributed by atoms with Gasteiger partial charge in [-0.05, 0) is 46.1 Å². The first-order chi connectivity index (χ1) is 9.15. The number of hydrogen-bond acceptors (Lipinski definition) is 3. The molecule has 2 rings (SSSR count). The zero-order chi connectivity index (χ0) is 13.7. The molecular formula is C15H29N3O. The van der Waals surface area contributed by atoms with Crippen molar-refractivity contribution in [3.63, 3.8) is 0 Å². The lowest BCUT2D eigenvalue weighted by atomic mass is 10.0. The monoisotopic (exact) mass is 267 g/mol. The smallest absolute Gasteiger partial charge is 0.221 e. The van der Waals surface area contributed by atoms with Crippen molar-refractivity contribution in [1.82, 2.24) is 15.5 Å². The minimum absolute atomic E-state index is 0.192. The number of nitrogens with zero attached hydrogens (tertiary/aromatic N) is 1. The molecule has 0 aromatic rings. The second-order valence-electron chi connectivity index (χ2n) is 6.35. The summed E-state index contributed by atoms with van der Waals surface area (Å²) in [6.45, 7) is 7.24. The van der Waals surface area contributed by atoms with Crippen LogP contribution in [-0.4, -0.2) is 48.6 Å². The summed E-state index contributed by atoms with van der Waals surface area (Å²) in [5, 5.41) is 6.59. The maximum absolute atomic E-state index is 11.7. The van der Waals surface area contributed by atoms with Crippen LogP contribution in [-0.2, 0) is 4.79 Å². The van der Waals surface area contributed by atoms with E-state index in [4.69, 9.17) is 0 Å². The molecular weight excluding hydrogens is 238 g/mol. The summed E-state index contributed by atoms with van der Waals surface area (Å²) in [5.74, 6) is 0.192. The second-order valence-corrected chi connectivity index (χ2v) is 6.35. The number of piperidine rings is 1. The lowest BCUT2D eigenvalue weighted by Crippen LogP contribution is -2.45. The van der Waals surface area contributed by atoms with Gasteiger partial charge in [0.2, 0.25) is 5.91 Å². The van der Waals surface area contributed by atoms with Crippen LogP contribution in [0.4, 0.5) is 0 Å². The van der Waals surface area contributed by atoms with E-state index in [-0.39, 0.29) is 11.9 Å². The molecule has 1 amide bonds. The van der Waals surface area contributed by atoms with E-state index in [9.17, 15) is 4.79 Å². The van der Waals surface area contributed by atoms with Crippen molar-refractivity contribution in [1.29, 1.82) is 0 Å². The molecule has 19 heavy (non-hydrogen) atoms. The van der Waals surface area contributed by atoms with E-state index in [0.29, 0.717) is 12.5 Å². The SMILES string of the molecule is CC(C)NC(=O)CCN(CC1CCCCN1)C1CC1. The Morgan fingerprint density at radius 2 is 2.11 bits per heavy atom. The van der Waals surface area contributed by atoms with Gasteiger partial charge < -0.3 is 10.6 Å². The van der Waals surface area contributed by atoms with Crippen molar-refractivity contribution in [3.05, 3.63) is 0 Å². The molecule has 4 nitrogen and oxygen atoms in total. The molecule has 2 aliphatic rings. The molecule has 1 heterocycles. The maximum Gasteiger partial charge on any atom is 0.221 e. The molecule has 2 fully saturated rings. The van der Waals surface area contributed by atoms with E-state index < -0.39 is 0 Å². The van der Waals surface area contributed by atoms with Crippen LogP contribution in [0.15, 0.2) is 0 Å². The number of nitrogens with one attached hydrogen (secondary N) is 2. The van der Waals surface area contributed by atoms with Crippen molar-refractivity contribution in [2.24, 2.45) is 0 Å². The number of hydrogen-bond donors (Lipinski definition) is 2. The first-order valence-corrected chi connectivity index (χ1v) is 7.92. The zero-order valence-electron chi connectivity index (χ0n) is 12.5. The molecule has 4 heteroatoms. The molecule has 1 saturated carbocycles. The Balaban J connectivity index is 1.71. The van der Waals surface area contributed by atoms with Gasteiger partial charge in [-0.3, -0.25) is 9.69 Å². The highest BCUT2D eigenvalue weighted by molar-refractivity contribution is 5.76. The first-order valence-electron chi connectivity index (χ1n) is 7.92. The molecule has 0 aromatic heterocycles. The van der Waals surface area contributed by atoms with Crippen LogP contribution in [0.25, 0.3) is 0 Å². The van der Waals surface area contributed by atoms with Crippen molar-refractivity contribution >= 4 is 5.91 Å². The summed E-state index contributed by atoms with van der Waals surface area (Å²) < 4.78 is 0. The first kappa shape index (κ1) is 14.8. The van der Waals surface area contributed by atoms with E-state index in [1.807, 2.05) is 13.8 Å². The Hall–Kier alpha value is -0.610. The number of carbonyl (C=O) groups excluding carboxylic acids is 1. The predicted molar refractivity (Wildman–Crippen MR) is 78.1 cm³/mol. The highest BCUT2D eigenvalue weighted by Crippen LogP contribution is 2.27. The van der Waals surface area contributed by atoms with Crippen molar-refractivity contribution < 1.29 is 4.79 Å². The normalized spacial score (nSPS) is 23.9. The summed E-state index contributed by atoms with van der Waals surface area (Å²) >= 11 is 0. The van der Waals surface area contributed by atoms with Crippen LogP contribution >= 0.6 is 0 Å². The zero-order valence-corrected chi connectivity index (χ0v) is 12.5. The third-order valence-electron chi connectivity index (χ3n) is 4.01. The molecule has 1 aliphatic carbocycles. The van der Waals surface area contributed by atoms with Gasteiger partial charge in [0.1, 0.15) is 0 Å². The van der Waals surface area contributed by atoms with Crippen molar-refractivity contribution in [3.8, 4) is 0 Å². The standard InChI is InChI=1S/C15H29N3O/c1-12(2)17-15(19)8-10-18(14-6-7-14)11-13-5-3-4-9-16-13/h12-14,16H,3-11H2,1-2H3,(H,17,19). The molecule has 0 spiro atoms. The minimum atomic E-state index is 0.192. The Bertz CT molecular complexity index is 283. The molecule has 0 radical (unpaired) electrons. The van der Waals surface area contributed by atoms with E-state index in [0.717, 1.165) is 25.7 Å². The van der Waals surface area contributed by atoms with Gasteiger partial charge in [-0.1, -0.05) is 6.42 Å². The Kier molecular flexibility index (Phi) is 5.64. The van der Waals surface area contributed by atoms with Crippen LogP contribution in [0, 0.1) is 0 Å². The fourth-order valence-electron chi connectivity index (χ4n) is 2.86. The Labute approximate surface area is 117 Å². The Morgan fingerprint density at radius 1 is 1.32 bits per heavy atom. The molecule has 1 aliphatic heterocycles. The molecule has 1 unspecified atom stereocenters. The van der Waals surface area contributed by atoms with Crippen LogP contribution in [0.1, 0.15) is 52.4 Å². The third-order valence-corrected chi connectivity index (χ3v) is 4.01. The predicted octanol–water partition coefficient (Wildman–Crippen LogP) is 1.51. The fraction of sp³-hybridized carbons (Fsp3) is 0.933. The van der Waals surface area contributed by atoms with Gasteiger partial charge in [-0.2, -0.15) is 0 Å². The van der Waals surface area contributed by atoms with Crippen LogP contribution in [0.2, 0.25) is 0 Å². The summed E-state index contributed by atoms with van der Waals surface area (Å²) in [5.41, 5.74) is 0. The lowest BCUT2D eigenvalue weighted by Gasteiger charge is -2.30. The van der Waals surface area contributed by atoms with Crippen LogP contribution < -0.4 is 10.6 Å². The maximum atomic E-state index is 11.7. The van der Waals surface area contributed by atoms with E-state index in [2.05, 4.69) is 15.5 Å². The molecule has 110 valence electrons. The van der Waals surface area contributed by atoms with E-state index >= 15 is 0 Å². The lowest BCUT2D eigenvalue weighted by molar-refractivity contribution is -0.121. The van der Waals surface area contributed by atoms with Gasteiger partial charge in [-0.25, -0.2) is 0 Å². The summed E-state index contributed by atoms with van der Waals surface area (Å²) in [6, 6.07) is 1.64. The van der Waals surface area contributed by atoms with Crippen LogP contribution in [0.5, 0.6) is 0 Å². The fourth-order valence-corrected chi connectivity index (χ4v) is 2.86. The number of carbonyl (C=O) groups is 1. The highest BCUT2D eigenvalue weighted by Gasteiger charge is 2.30. The largest absolute Gasteiger partial charge is 0.354 e. The average molecular weight is 267 g/mol. The second kappa shape index (κ2) is 7.25. The molecule has 0 bridgehead atoms. The Morgan fingerprint density at radius 3 is 2.68 bits per heavy atom. The van der Waals surface area contributed by atoms with Gasteiger partial charge in [0.25, 0.3) is 0 Å². The quantitative estimate of drug-likeness (QED) is 0.735. The van der Waals surface area contributed by atoms with Gasteiger partial charge in [0, 0.05) is 37.6 Å². The summed E-state index contributed by atoms with van der Waals surface area (Å²) in [6.07, 6.45) is 7.24. The number of amides is 1. The van der Waals surface area contributed by atoms with E-state index in [1.165, 1.54) is 32.1 Å². The average Bonchev–Trinajstić information content (AvgIpc) is 3.19. The van der Waals surface area contributed by atoms with Crippen LogP contribution in [0.3, 0.4) is 0 Å². The number of rotatable bonds is 7. The van der Waals surface area contributed by atoms with E-state index in [1.54, 1.807) is 0 Å². The topological polar surface area (TPSA) is 44.4 Å². The van der Waals surface area contributed by atoms with Gasteiger partial charge in [0.05, 0.1) is 0 Å². The molecule has 2 N–H and O–H groups in total. The highest BCUT2D eigenvalue weighted by atomic mass is 16.1. The van der Waals surface area contributed by atoms with Crippen molar-refractivity contribution in [2.75, 3.05) is 19.6 Å². The van der Waals surface area contributed by atoms with Crippen molar-refractivity contribution in [2.45, 2.75) is 70.5 Å². The summed E-state index contributed by atoms with van der Waals surface area (Å²) in [4.78, 5) is 14.3. The van der Waals surface area contributed by atoms with Gasteiger partial charge >= 0.3 is 0 Å². The van der Waals surface area contributed by atoms with Gasteiger partial charge in [0.15, 0.2) is 0 Å². The third kappa shape index (κ3) is 5.49. The molecule has 1 atom stereocenters. The van der Waals surface area contributed by atoms with Gasteiger partial charge in [-0.15, -0.1) is 0 Å². The minimum Gasteiger partial charge on any atom is -0.354 e. The summed E-state index contributed by atoms with van der Waals surface area (Å²) in [7, 11) is 0. The molecule has 1 saturated heterocycles. The molecule has 0 aromatic carbocycles.